The van der Waals surface area contributed by atoms with Crippen molar-refractivity contribution in [2.75, 3.05) is 40.4 Å². The molecule has 1 amide bonds. The third-order valence-electron chi connectivity index (χ3n) is 5.45. The van der Waals surface area contributed by atoms with E-state index in [9.17, 15) is 4.79 Å². The predicted octanol–water partition coefficient (Wildman–Crippen LogP) is 3.24. The van der Waals surface area contributed by atoms with Crippen molar-refractivity contribution in [1.82, 2.24) is 9.80 Å². The zero-order chi connectivity index (χ0) is 17.6. The molecule has 0 bridgehead atoms. The van der Waals surface area contributed by atoms with Gasteiger partial charge in [-0.3, -0.25) is 9.69 Å². The van der Waals surface area contributed by atoms with E-state index in [0.29, 0.717) is 6.54 Å². The molecule has 0 aromatic heterocycles. The van der Waals surface area contributed by atoms with Gasteiger partial charge in [0.15, 0.2) is 11.5 Å². The van der Waals surface area contributed by atoms with Crippen LogP contribution in [0.1, 0.15) is 50.1 Å². The molecule has 0 saturated carbocycles. The van der Waals surface area contributed by atoms with Crippen LogP contribution in [-0.4, -0.2) is 56.1 Å². The standard InChI is InChI=1S/C20H30N2O3/c1-24-18-10-9-16(14-19(18)25-2)17-8-7-13-22(17)15-20(23)21-11-5-3-4-6-12-21/h9-10,14,17H,3-8,11-13,15H2,1-2H3. The fourth-order valence-corrected chi connectivity index (χ4v) is 4.05. The summed E-state index contributed by atoms with van der Waals surface area (Å²) in [4.78, 5) is 17.1. The molecule has 1 aromatic rings. The van der Waals surface area contributed by atoms with Crippen molar-refractivity contribution in [3.8, 4) is 11.5 Å². The third-order valence-corrected chi connectivity index (χ3v) is 5.45. The Morgan fingerprint density at radius 2 is 1.72 bits per heavy atom. The fourth-order valence-electron chi connectivity index (χ4n) is 4.05. The monoisotopic (exact) mass is 346 g/mol. The van der Waals surface area contributed by atoms with Crippen LogP contribution >= 0.6 is 0 Å². The maximum Gasteiger partial charge on any atom is 0.236 e. The van der Waals surface area contributed by atoms with Gasteiger partial charge in [0.05, 0.1) is 20.8 Å². The summed E-state index contributed by atoms with van der Waals surface area (Å²) >= 11 is 0. The highest BCUT2D eigenvalue weighted by atomic mass is 16.5. The predicted molar refractivity (Wildman–Crippen MR) is 98.1 cm³/mol. The lowest BCUT2D eigenvalue weighted by Gasteiger charge is -2.28. The van der Waals surface area contributed by atoms with Gasteiger partial charge < -0.3 is 14.4 Å². The lowest BCUT2D eigenvalue weighted by Crippen LogP contribution is -2.40. The number of carbonyl (C=O) groups is 1. The van der Waals surface area contributed by atoms with Gasteiger partial charge in [-0.25, -0.2) is 0 Å². The molecule has 2 aliphatic heterocycles. The van der Waals surface area contributed by atoms with Crippen LogP contribution in [0, 0.1) is 0 Å². The average molecular weight is 346 g/mol. The highest BCUT2D eigenvalue weighted by Gasteiger charge is 2.29. The second-order valence-electron chi connectivity index (χ2n) is 7.04. The molecule has 0 N–H and O–H groups in total. The number of nitrogens with zero attached hydrogens (tertiary/aromatic N) is 2. The Morgan fingerprint density at radius 1 is 1.00 bits per heavy atom. The average Bonchev–Trinajstić information content (AvgIpc) is 2.92. The number of methoxy groups -OCH3 is 2. The molecule has 1 atom stereocenters. The second-order valence-corrected chi connectivity index (χ2v) is 7.04. The van der Waals surface area contributed by atoms with E-state index in [0.717, 1.165) is 56.8 Å². The summed E-state index contributed by atoms with van der Waals surface area (Å²) in [7, 11) is 3.32. The van der Waals surface area contributed by atoms with Gasteiger partial charge in [0, 0.05) is 19.1 Å². The molecule has 3 rings (SSSR count). The summed E-state index contributed by atoms with van der Waals surface area (Å²) in [5.74, 6) is 1.79. The van der Waals surface area contributed by atoms with Crippen molar-refractivity contribution >= 4 is 5.91 Å². The maximum atomic E-state index is 12.7. The van der Waals surface area contributed by atoms with Gasteiger partial charge >= 0.3 is 0 Å². The number of likely N-dealkylation sites (tertiary alicyclic amines) is 2. The van der Waals surface area contributed by atoms with E-state index >= 15 is 0 Å². The molecule has 2 fully saturated rings. The van der Waals surface area contributed by atoms with Crippen LogP contribution in [0.25, 0.3) is 0 Å². The first-order valence-corrected chi connectivity index (χ1v) is 9.46. The van der Waals surface area contributed by atoms with E-state index in [-0.39, 0.29) is 11.9 Å². The normalized spacial score (nSPS) is 21.8. The lowest BCUT2D eigenvalue weighted by atomic mass is 10.0. The number of amides is 1. The van der Waals surface area contributed by atoms with Crippen LogP contribution in [0.5, 0.6) is 11.5 Å². The van der Waals surface area contributed by atoms with Gasteiger partial charge in [-0.15, -0.1) is 0 Å². The molecule has 2 aliphatic rings. The van der Waals surface area contributed by atoms with Crippen molar-refractivity contribution in [1.29, 1.82) is 0 Å². The number of carbonyl (C=O) groups excluding carboxylic acids is 1. The lowest BCUT2D eigenvalue weighted by molar-refractivity contribution is -0.132. The van der Waals surface area contributed by atoms with Crippen molar-refractivity contribution < 1.29 is 14.3 Å². The van der Waals surface area contributed by atoms with Gasteiger partial charge in [0.1, 0.15) is 0 Å². The van der Waals surface area contributed by atoms with Gasteiger partial charge in [-0.1, -0.05) is 18.9 Å². The molecule has 0 radical (unpaired) electrons. The molecule has 2 heterocycles. The zero-order valence-electron chi connectivity index (χ0n) is 15.5. The first-order valence-electron chi connectivity index (χ1n) is 9.46. The van der Waals surface area contributed by atoms with Crippen molar-refractivity contribution in [3.63, 3.8) is 0 Å². The van der Waals surface area contributed by atoms with E-state index in [1.165, 1.54) is 18.4 Å². The minimum atomic E-state index is 0.286. The van der Waals surface area contributed by atoms with Gasteiger partial charge in [0.25, 0.3) is 0 Å². The molecule has 1 aromatic carbocycles. The molecule has 5 heteroatoms. The fraction of sp³-hybridized carbons (Fsp3) is 0.650. The van der Waals surface area contributed by atoms with Gasteiger partial charge in [-0.05, 0) is 49.9 Å². The van der Waals surface area contributed by atoms with Crippen LogP contribution in [0.2, 0.25) is 0 Å². The van der Waals surface area contributed by atoms with Crippen LogP contribution in [0.4, 0.5) is 0 Å². The Kier molecular flexibility index (Phi) is 6.19. The molecule has 0 aliphatic carbocycles. The Morgan fingerprint density at radius 3 is 2.40 bits per heavy atom. The molecule has 5 nitrogen and oxygen atoms in total. The smallest absolute Gasteiger partial charge is 0.236 e. The minimum absolute atomic E-state index is 0.286. The van der Waals surface area contributed by atoms with Crippen molar-refractivity contribution in [2.24, 2.45) is 0 Å². The van der Waals surface area contributed by atoms with E-state index in [1.807, 2.05) is 6.07 Å². The summed E-state index contributed by atoms with van der Waals surface area (Å²) < 4.78 is 10.8. The maximum absolute atomic E-state index is 12.7. The van der Waals surface area contributed by atoms with E-state index in [2.05, 4.69) is 21.9 Å². The molecular formula is C20H30N2O3. The Balaban J connectivity index is 1.68. The van der Waals surface area contributed by atoms with Crippen LogP contribution in [0.3, 0.4) is 0 Å². The number of hydrogen-bond donors (Lipinski definition) is 0. The topological polar surface area (TPSA) is 42.0 Å². The van der Waals surface area contributed by atoms with Gasteiger partial charge in [0.2, 0.25) is 5.91 Å². The number of hydrogen-bond acceptors (Lipinski definition) is 4. The molecular weight excluding hydrogens is 316 g/mol. The SMILES string of the molecule is COc1ccc(C2CCCN2CC(=O)N2CCCCCC2)cc1OC. The van der Waals surface area contributed by atoms with Crippen LogP contribution < -0.4 is 9.47 Å². The molecule has 2 saturated heterocycles. The first-order chi connectivity index (χ1) is 12.2. The van der Waals surface area contributed by atoms with Crippen molar-refractivity contribution in [3.05, 3.63) is 23.8 Å². The quantitative estimate of drug-likeness (QED) is 0.821. The van der Waals surface area contributed by atoms with E-state index < -0.39 is 0 Å². The Labute approximate surface area is 150 Å². The Hall–Kier alpha value is -1.75. The second kappa shape index (κ2) is 8.56. The zero-order valence-corrected chi connectivity index (χ0v) is 15.5. The third kappa shape index (κ3) is 4.27. The molecule has 1 unspecified atom stereocenters. The van der Waals surface area contributed by atoms with Gasteiger partial charge in [-0.2, -0.15) is 0 Å². The highest BCUT2D eigenvalue weighted by Crippen LogP contribution is 2.36. The van der Waals surface area contributed by atoms with Crippen LogP contribution in [0.15, 0.2) is 18.2 Å². The minimum Gasteiger partial charge on any atom is -0.493 e. The Bertz CT molecular complexity index is 582. The number of rotatable bonds is 5. The highest BCUT2D eigenvalue weighted by molar-refractivity contribution is 5.78. The van der Waals surface area contributed by atoms with E-state index in [1.54, 1.807) is 14.2 Å². The number of benzene rings is 1. The summed E-state index contributed by atoms with van der Waals surface area (Å²) in [6.07, 6.45) is 7.01. The summed E-state index contributed by atoms with van der Waals surface area (Å²) in [5, 5.41) is 0. The largest absolute Gasteiger partial charge is 0.493 e. The number of ether oxygens (including phenoxy) is 2. The van der Waals surface area contributed by atoms with Crippen molar-refractivity contribution in [2.45, 2.75) is 44.6 Å². The van der Waals surface area contributed by atoms with E-state index in [4.69, 9.17) is 9.47 Å². The summed E-state index contributed by atoms with van der Waals surface area (Å²) in [6.45, 7) is 3.36. The molecule has 138 valence electrons. The summed E-state index contributed by atoms with van der Waals surface area (Å²) in [5.41, 5.74) is 1.21. The molecule has 0 spiro atoms. The first kappa shape index (κ1) is 18.1. The van der Waals surface area contributed by atoms with Crippen LogP contribution in [-0.2, 0) is 4.79 Å². The summed E-state index contributed by atoms with van der Waals surface area (Å²) in [6, 6.07) is 6.40. The molecule has 25 heavy (non-hydrogen) atoms.